The second-order valence-electron chi connectivity index (χ2n) is 13.3. The molecule has 3 radical (unpaired) electrons. The Balaban J connectivity index is 1.41. The Kier molecular flexibility index (Phi) is 12.3. The number of esters is 1. The van der Waals surface area contributed by atoms with Crippen LogP contribution < -0.4 is 15.5 Å². The first kappa shape index (κ1) is 37.9. The number of halogens is 1. The number of hydrogen-bond donors (Lipinski definition) is 3. The van der Waals surface area contributed by atoms with Gasteiger partial charge in [-0.3, -0.25) is 4.79 Å². The van der Waals surface area contributed by atoms with Gasteiger partial charge >= 0.3 is 230 Å². The molecular weight excluding hydrogens is 877 g/mol. The quantitative estimate of drug-likeness (QED) is 0.0936. The van der Waals surface area contributed by atoms with Crippen molar-refractivity contribution in [2.75, 3.05) is 43.5 Å². The summed E-state index contributed by atoms with van der Waals surface area (Å²) in [6.45, 7) is 7.98. The molecule has 4 aromatic rings. The van der Waals surface area contributed by atoms with Gasteiger partial charge in [-0.2, -0.15) is 0 Å². The smallest absolute Gasteiger partial charge is 0.253 e. The molecule has 3 unspecified atom stereocenters. The van der Waals surface area contributed by atoms with Crippen molar-refractivity contribution < 1.29 is 18.8 Å². The number of hydrogen-bond acceptors (Lipinski definition) is 13. The Bertz CT molecular complexity index is 1940. The number of benzene rings is 1. The van der Waals surface area contributed by atoms with Gasteiger partial charge in [0, 0.05) is 24.9 Å². The van der Waals surface area contributed by atoms with Crippen LogP contribution in [0.3, 0.4) is 0 Å². The zero-order valence-corrected chi connectivity index (χ0v) is 34.5. The summed E-state index contributed by atoms with van der Waals surface area (Å²) in [6, 6.07) is 13.6. The fourth-order valence-corrected chi connectivity index (χ4v) is 8.19. The van der Waals surface area contributed by atoms with E-state index in [2.05, 4.69) is 32.6 Å². The molecule has 3 atom stereocenters. The summed E-state index contributed by atoms with van der Waals surface area (Å²) >= 11 is 7.63. The Morgan fingerprint density at radius 1 is 1.23 bits per heavy atom. The minimum absolute atomic E-state index is 0.0290. The SMILES string of the molecule is CNCC1(c2cc(C)on2)CCN(c2nc(NC3CCCCO3)c(C(=N)c3ccnc(N=[C]([Pb])c4ccccc4)c3Cl)nc2COC(C)=O)CC1C. The van der Waals surface area contributed by atoms with Gasteiger partial charge in [0.2, 0.25) is 0 Å². The number of likely N-dealkylation sites (N-methyl/N-ethyl adjacent to an activating group) is 1. The van der Waals surface area contributed by atoms with E-state index in [1.54, 1.807) is 12.3 Å². The topological polar surface area (TPSA) is 164 Å². The monoisotopic (exact) mass is 920 g/mol. The van der Waals surface area contributed by atoms with Gasteiger partial charge in [0.1, 0.15) is 5.76 Å². The van der Waals surface area contributed by atoms with E-state index in [0.717, 1.165) is 52.5 Å². The average molecular weight is 920 g/mol. The van der Waals surface area contributed by atoms with Crippen LogP contribution in [0.5, 0.6) is 0 Å². The average Bonchev–Trinajstić information content (AvgIpc) is 3.59. The van der Waals surface area contributed by atoms with Gasteiger partial charge in [0.25, 0.3) is 0 Å². The van der Waals surface area contributed by atoms with E-state index in [1.165, 1.54) is 6.92 Å². The van der Waals surface area contributed by atoms with Crippen LogP contribution in [0.4, 0.5) is 17.5 Å². The molecule has 271 valence electrons. The number of ether oxygens (including phenoxy) is 2. The van der Waals surface area contributed by atoms with Crippen LogP contribution in [-0.2, 0) is 26.3 Å². The number of anilines is 2. The molecule has 2 aliphatic rings. The first-order chi connectivity index (χ1) is 25.1. The van der Waals surface area contributed by atoms with Crippen LogP contribution in [0.25, 0.3) is 0 Å². The minimum atomic E-state index is -0.444. The first-order valence-corrected chi connectivity index (χ1v) is 19.8. The number of nitrogens with one attached hydrogen (secondary N) is 3. The molecule has 15 heteroatoms. The number of rotatable bonds is 12. The molecule has 2 saturated heterocycles. The molecule has 52 heavy (non-hydrogen) atoms. The van der Waals surface area contributed by atoms with Crippen LogP contribution in [0, 0.1) is 18.3 Å². The number of aryl methyl sites for hydroxylation is 1. The van der Waals surface area contributed by atoms with E-state index in [1.807, 2.05) is 50.4 Å². The Morgan fingerprint density at radius 3 is 2.71 bits per heavy atom. The van der Waals surface area contributed by atoms with Crippen molar-refractivity contribution >= 4 is 69.8 Å². The molecule has 3 N–H and O–H groups in total. The van der Waals surface area contributed by atoms with Crippen molar-refractivity contribution in [2.45, 2.75) is 64.7 Å². The predicted octanol–water partition coefficient (Wildman–Crippen LogP) is 5.49. The zero-order chi connectivity index (χ0) is 36.8. The number of aromatic nitrogens is 4. The van der Waals surface area contributed by atoms with E-state index in [4.69, 9.17) is 40.6 Å². The van der Waals surface area contributed by atoms with Gasteiger partial charge in [0.15, 0.2) is 0 Å². The number of aliphatic imine (C=N–C) groups is 1. The molecule has 2 aliphatic heterocycles. The third-order valence-electron chi connectivity index (χ3n) is 9.67. The summed E-state index contributed by atoms with van der Waals surface area (Å²) in [4.78, 5) is 33.7. The molecule has 2 fully saturated rings. The summed E-state index contributed by atoms with van der Waals surface area (Å²) < 4.78 is 18.0. The molecule has 1 aromatic carbocycles. The molecule has 5 heterocycles. The molecule has 6 rings (SSSR count). The molecule has 0 amide bonds. The van der Waals surface area contributed by atoms with E-state index in [0.29, 0.717) is 74.2 Å². The molecule has 0 bridgehead atoms. The Morgan fingerprint density at radius 2 is 2.04 bits per heavy atom. The summed E-state index contributed by atoms with van der Waals surface area (Å²) in [5.41, 5.74) is 2.78. The number of nitrogens with zero attached hydrogens (tertiary/aromatic N) is 6. The van der Waals surface area contributed by atoms with Gasteiger partial charge in [-0.05, 0) is 32.7 Å². The van der Waals surface area contributed by atoms with Crippen molar-refractivity contribution in [3.8, 4) is 0 Å². The van der Waals surface area contributed by atoms with Crippen LogP contribution in [-0.4, -0.2) is 100 Å². The van der Waals surface area contributed by atoms with Crippen LogP contribution in [0.2, 0.25) is 5.02 Å². The van der Waals surface area contributed by atoms with Crippen LogP contribution in [0.1, 0.15) is 73.5 Å². The maximum atomic E-state index is 12.1. The standard InChI is InChI=1S/C37H43ClN9O4.Pb/c1-23-20-47(16-14-37(23,22-40-4)29-18-24(2)51-46-29)36-28(21-50-25(3)48)43-33(35(45-36)44-30-12-8-9-17-49-30)32(39)27-13-15-41-34(31(27)38)42-19-26-10-6-5-7-11-26;/h5-7,10-11,13,15,18,23,30,39-40H,8-9,12,14,16-17,20-22H2,1-4H3,(H,44,45);. The molecule has 13 nitrogen and oxygen atoms in total. The fourth-order valence-electron chi connectivity index (χ4n) is 6.88. The van der Waals surface area contributed by atoms with Crippen molar-refractivity contribution in [2.24, 2.45) is 10.9 Å². The summed E-state index contributed by atoms with van der Waals surface area (Å²) in [5, 5.41) is 21.0. The zero-order valence-electron chi connectivity index (χ0n) is 29.8. The molecule has 0 aliphatic carbocycles. The third kappa shape index (κ3) is 8.37. The number of carbonyl (C=O) groups excluding carboxylic acids is 1. The Labute approximate surface area is 324 Å². The first-order valence-electron chi connectivity index (χ1n) is 17.4. The van der Waals surface area contributed by atoms with E-state index < -0.39 is 5.97 Å². The second-order valence-corrected chi connectivity index (χ2v) is 15.5. The van der Waals surface area contributed by atoms with Crippen molar-refractivity contribution in [1.29, 1.82) is 5.41 Å². The number of pyridine rings is 1. The molecule has 3 aromatic heterocycles. The summed E-state index contributed by atoms with van der Waals surface area (Å²) in [6.07, 6.45) is 4.80. The van der Waals surface area contributed by atoms with Gasteiger partial charge < -0.3 is 9.84 Å². The molecule has 0 spiro atoms. The molecule has 0 saturated carbocycles. The molecular formula is C37H43ClN9O4Pb. The van der Waals surface area contributed by atoms with E-state index in [-0.39, 0.29) is 40.6 Å². The van der Waals surface area contributed by atoms with Crippen molar-refractivity contribution in [1.82, 2.24) is 25.4 Å². The van der Waals surface area contributed by atoms with Gasteiger partial charge in [0.05, 0.1) is 5.69 Å². The summed E-state index contributed by atoms with van der Waals surface area (Å²) in [7, 11) is 1.95. The predicted molar refractivity (Wildman–Crippen MR) is 201 cm³/mol. The maximum absolute atomic E-state index is 12.1. The van der Waals surface area contributed by atoms with E-state index in [9.17, 15) is 10.2 Å². The number of carbonyl (C=O) groups is 1. The van der Waals surface area contributed by atoms with E-state index >= 15 is 0 Å². The Hall–Kier alpha value is -3.80. The normalized spacial score (nSPS) is 20.8. The second kappa shape index (κ2) is 16.9. The fraction of sp³-hybridized carbons (Fsp3) is 0.432. The number of piperidine rings is 1. The van der Waals surface area contributed by atoms with Crippen LogP contribution in [0.15, 0.2) is 58.2 Å². The van der Waals surface area contributed by atoms with Crippen LogP contribution >= 0.6 is 11.6 Å². The summed E-state index contributed by atoms with van der Waals surface area (Å²) in [5.74, 6) is 1.75. The minimum Gasteiger partial charge on any atom is -0.253 e. The van der Waals surface area contributed by atoms with Crippen molar-refractivity contribution in [3.05, 3.63) is 87.7 Å². The van der Waals surface area contributed by atoms with Gasteiger partial charge in [-0.15, -0.1) is 0 Å². The van der Waals surface area contributed by atoms with Gasteiger partial charge in [-0.25, -0.2) is 0 Å². The van der Waals surface area contributed by atoms with Gasteiger partial charge in [-0.1, -0.05) is 12.1 Å². The van der Waals surface area contributed by atoms with Crippen molar-refractivity contribution in [3.63, 3.8) is 0 Å². The third-order valence-corrected chi connectivity index (χ3v) is 11.6.